The van der Waals surface area contributed by atoms with Crippen LogP contribution in [0, 0.1) is 5.92 Å². The van der Waals surface area contributed by atoms with Crippen molar-refractivity contribution in [1.82, 2.24) is 5.32 Å². The number of amides is 1. The van der Waals surface area contributed by atoms with Crippen LogP contribution in [0.25, 0.3) is 0 Å². The maximum absolute atomic E-state index is 11.7. The molecular weight excluding hydrogens is 182 g/mol. The summed E-state index contributed by atoms with van der Waals surface area (Å²) in [5.41, 5.74) is -0.116. The van der Waals surface area contributed by atoms with E-state index in [-0.39, 0.29) is 23.5 Å². The average Bonchev–Trinajstić information content (AvgIpc) is 1.99. The Hall–Kier alpha value is -0.610. The number of hydrogen-bond donors (Lipinski definition) is 1. The van der Waals surface area contributed by atoms with Crippen molar-refractivity contribution in [1.29, 1.82) is 0 Å². The number of carbonyl (C=O) groups excluding carboxylic acids is 1. The third kappa shape index (κ3) is 1.77. The minimum Gasteiger partial charge on any atom is -0.381 e. The average molecular weight is 199 g/mol. The van der Waals surface area contributed by atoms with Gasteiger partial charge in [-0.1, -0.05) is 0 Å². The summed E-state index contributed by atoms with van der Waals surface area (Å²) >= 11 is 0. The standard InChI is InChI=1S/C10H17NO3/c1-10(5-14-6-10)11-9(12)7-3-8(4-7)13-2/h7-8H,3-6H2,1-2H3,(H,11,12). The summed E-state index contributed by atoms with van der Waals surface area (Å²) in [6.07, 6.45) is 2.01. The molecule has 1 amide bonds. The van der Waals surface area contributed by atoms with Gasteiger partial charge in [0.1, 0.15) is 0 Å². The predicted molar refractivity (Wildman–Crippen MR) is 50.9 cm³/mol. The van der Waals surface area contributed by atoms with Gasteiger partial charge in [0.15, 0.2) is 0 Å². The number of rotatable bonds is 3. The first-order valence-electron chi connectivity index (χ1n) is 5.05. The summed E-state index contributed by atoms with van der Waals surface area (Å²) in [6.45, 7) is 3.29. The highest BCUT2D eigenvalue weighted by Crippen LogP contribution is 2.30. The lowest BCUT2D eigenvalue weighted by Gasteiger charge is -2.41. The van der Waals surface area contributed by atoms with Crippen LogP contribution in [-0.4, -0.2) is 37.9 Å². The van der Waals surface area contributed by atoms with E-state index in [0.717, 1.165) is 12.8 Å². The van der Waals surface area contributed by atoms with E-state index in [2.05, 4.69) is 5.32 Å². The van der Waals surface area contributed by atoms with Crippen LogP contribution < -0.4 is 5.32 Å². The molecule has 1 heterocycles. The molecule has 1 aliphatic carbocycles. The Morgan fingerprint density at radius 1 is 1.50 bits per heavy atom. The topological polar surface area (TPSA) is 47.6 Å². The minimum absolute atomic E-state index is 0.116. The van der Waals surface area contributed by atoms with E-state index < -0.39 is 0 Å². The molecule has 14 heavy (non-hydrogen) atoms. The summed E-state index contributed by atoms with van der Waals surface area (Å²) < 4.78 is 10.2. The molecule has 0 unspecified atom stereocenters. The highest BCUT2D eigenvalue weighted by Gasteiger charge is 2.40. The lowest BCUT2D eigenvalue weighted by atomic mass is 9.81. The SMILES string of the molecule is COC1CC(C(=O)NC2(C)COC2)C1. The summed E-state index contributed by atoms with van der Waals surface area (Å²) in [5, 5.41) is 3.02. The van der Waals surface area contributed by atoms with E-state index in [1.54, 1.807) is 7.11 Å². The maximum atomic E-state index is 11.7. The molecule has 0 bridgehead atoms. The summed E-state index contributed by atoms with van der Waals surface area (Å²) in [5.74, 6) is 0.307. The Morgan fingerprint density at radius 2 is 2.14 bits per heavy atom. The fourth-order valence-electron chi connectivity index (χ4n) is 1.85. The van der Waals surface area contributed by atoms with Gasteiger partial charge in [0, 0.05) is 13.0 Å². The van der Waals surface area contributed by atoms with Crippen LogP contribution in [0.1, 0.15) is 19.8 Å². The molecule has 2 aliphatic rings. The molecule has 2 rings (SSSR count). The first kappa shape index (κ1) is 9.93. The number of methoxy groups -OCH3 is 1. The fourth-order valence-corrected chi connectivity index (χ4v) is 1.85. The Balaban J connectivity index is 1.74. The molecule has 0 aromatic carbocycles. The molecule has 0 aromatic rings. The van der Waals surface area contributed by atoms with Crippen LogP contribution in [0.5, 0.6) is 0 Å². The second kappa shape index (κ2) is 3.51. The second-order valence-electron chi connectivity index (χ2n) is 4.57. The number of nitrogens with one attached hydrogen (secondary N) is 1. The van der Waals surface area contributed by atoms with E-state index in [0.29, 0.717) is 13.2 Å². The Labute approximate surface area is 84.0 Å². The van der Waals surface area contributed by atoms with Gasteiger partial charge >= 0.3 is 0 Å². The Morgan fingerprint density at radius 3 is 2.57 bits per heavy atom. The molecule has 0 spiro atoms. The fraction of sp³-hybridized carbons (Fsp3) is 0.900. The van der Waals surface area contributed by atoms with E-state index >= 15 is 0 Å². The van der Waals surface area contributed by atoms with Crippen molar-refractivity contribution in [2.75, 3.05) is 20.3 Å². The van der Waals surface area contributed by atoms with Crippen molar-refractivity contribution < 1.29 is 14.3 Å². The highest BCUT2D eigenvalue weighted by atomic mass is 16.5. The van der Waals surface area contributed by atoms with Gasteiger partial charge in [0.05, 0.1) is 24.9 Å². The number of ether oxygens (including phenoxy) is 2. The van der Waals surface area contributed by atoms with Gasteiger partial charge in [-0.05, 0) is 19.8 Å². The third-order valence-corrected chi connectivity index (χ3v) is 3.07. The predicted octanol–water partition coefficient (Wildman–Crippen LogP) is 0.316. The molecule has 1 saturated heterocycles. The second-order valence-corrected chi connectivity index (χ2v) is 4.57. The number of carbonyl (C=O) groups is 1. The van der Waals surface area contributed by atoms with E-state index in [9.17, 15) is 4.79 Å². The summed E-state index contributed by atoms with van der Waals surface area (Å²) in [7, 11) is 1.69. The molecule has 0 atom stereocenters. The van der Waals surface area contributed by atoms with Crippen LogP contribution in [0.3, 0.4) is 0 Å². The third-order valence-electron chi connectivity index (χ3n) is 3.07. The van der Waals surface area contributed by atoms with Crippen LogP contribution in [0.4, 0.5) is 0 Å². The van der Waals surface area contributed by atoms with Gasteiger partial charge in [-0.25, -0.2) is 0 Å². The van der Waals surface area contributed by atoms with Gasteiger partial charge in [-0.3, -0.25) is 4.79 Å². The zero-order valence-corrected chi connectivity index (χ0v) is 8.71. The van der Waals surface area contributed by atoms with E-state index in [1.807, 2.05) is 6.92 Å². The monoisotopic (exact) mass is 199 g/mol. The normalized spacial score (nSPS) is 34.1. The van der Waals surface area contributed by atoms with Gasteiger partial charge in [-0.2, -0.15) is 0 Å². The van der Waals surface area contributed by atoms with Crippen molar-refractivity contribution in [3.05, 3.63) is 0 Å². The summed E-state index contributed by atoms with van der Waals surface area (Å²) in [4.78, 5) is 11.7. The minimum atomic E-state index is -0.116. The van der Waals surface area contributed by atoms with Crippen molar-refractivity contribution >= 4 is 5.91 Å². The van der Waals surface area contributed by atoms with Gasteiger partial charge < -0.3 is 14.8 Å². The number of hydrogen-bond acceptors (Lipinski definition) is 3. The van der Waals surface area contributed by atoms with Crippen molar-refractivity contribution in [2.24, 2.45) is 5.92 Å². The van der Waals surface area contributed by atoms with Gasteiger partial charge in [-0.15, -0.1) is 0 Å². The molecule has 1 saturated carbocycles. The highest BCUT2D eigenvalue weighted by molar-refractivity contribution is 5.80. The molecule has 0 aromatic heterocycles. The van der Waals surface area contributed by atoms with E-state index in [4.69, 9.17) is 9.47 Å². The van der Waals surface area contributed by atoms with Crippen molar-refractivity contribution in [3.8, 4) is 0 Å². The molecule has 4 nitrogen and oxygen atoms in total. The Kier molecular flexibility index (Phi) is 2.49. The van der Waals surface area contributed by atoms with Crippen molar-refractivity contribution in [2.45, 2.75) is 31.4 Å². The molecule has 4 heteroatoms. The van der Waals surface area contributed by atoms with E-state index in [1.165, 1.54) is 0 Å². The molecule has 80 valence electrons. The maximum Gasteiger partial charge on any atom is 0.223 e. The zero-order chi connectivity index (χ0) is 10.2. The molecular formula is C10H17NO3. The molecule has 0 radical (unpaired) electrons. The lowest BCUT2D eigenvalue weighted by molar-refractivity contribution is -0.142. The smallest absolute Gasteiger partial charge is 0.223 e. The molecule has 2 fully saturated rings. The first-order valence-corrected chi connectivity index (χ1v) is 5.05. The van der Waals surface area contributed by atoms with Gasteiger partial charge in [0.25, 0.3) is 0 Å². The quantitative estimate of drug-likeness (QED) is 0.712. The van der Waals surface area contributed by atoms with Crippen LogP contribution in [-0.2, 0) is 14.3 Å². The zero-order valence-electron chi connectivity index (χ0n) is 8.71. The van der Waals surface area contributed by atoms with Crippen LogP contribution in [0.15, 0.2) is 0 Å². The Bertz CT molecular complexity index is 232. The van der Waals surface area contributed by atoms with Gasteiger partial charge in [0.2, 0.25) is 5.91 Å². The van der Waals surface area contributed by atoms with Crippen molar-refractivity contribution in [3.63, 3.8) is 0 Å². The lowest BCUT2D eigenvalue weighted by Crippen LogP contribution is -2.62. The largest absolute Gasteiger partial charge is 0.381 e. The van der Waals surface area contributed by atoms with Crippen LogP contribution in [0.2, 0.25) is 0 Å². The summed E-state index contributed by atoms with van der Waals surface area (Å²) in [6, 6.07) is 0. The first-order chi connectivity index (χ1) is 6.63. The molecule has 1 N–H and O–H groups in total. The van der Waals surface area contributed by atoms with Crippen LogP contribution >= 0.6 is 0 Å². The molecule has 1 aliphatic heterocycles.